The van der Waals surface area contributed by atoms with E-state index in [1.807, 2.05) is 50.2 Å². The summed E-state index contributed by atoms with van der Waals surface area (Å²) in [6.45, 7) is 3.67. The molecule has 3 rings (SSSR count). The van der Waals surface area contributed by atoms with Crippen LogP contribution in [0.25, 0.3) is 15.3 Å². The number of methoxy groups -OCH3 is 1. The number of hydrogen-bond acceptors (Lipinski definition) is 3. The molecule has 0 saturated heterocycles. The summed E-state index contributed by atoms with van der Waals surface area (Å²) in [7, 11) is 1.59. The average Bonchev–Trinajstić information content (AvgIpc) is 2.91. The van der Waals surface area contributed by atoms with E-state index in [0.29, 0.717) is 11.1 Å². The zero-order chi connectivity index (χ0) is 17.3. The van der Waals surface area contributed by atoms with Crippen LogP contribution in [0.3, 0.4) is 0 Å². The molecular formula is C18H18N2O3Se. The van der Waals surface area contributed by atoms with Gasteiger partial charge >= 0.3 is 146 Å². The Labute approximate surface area is 146 Å². The first-order valence-electron chi connectivity index (χ1n) is 7.61. The van der Waals surface area contributed by atoms with E-state index in [1.54, 1.807) is 23.0 Å². The quantitative estimate of drug-likeness (QED) is 0.226. The van der Waals surface area contributed by atoms with Crippen molar-refractivity contribution < 1.29 is 9.48 Å². The Hall–Kier alpha value is -2.30. The third-order valence-corrected chi connectivity index (χ3v) is 6.03. The first-order valence-corrected chi connectivity index (χ1v) is 9.23. The summed E-state index contributed by atoms with van der Waals surface area (Å²) in [6, 6.07) is 12.9. The number of fused-ring (bicyclic) bond motifs is 1. The average molecular weight is 389 g/mol. The second-order valence-electron chi connectivity index (χ2n) is 5.69. The molecule has 0 spiro atoms. The van der Waals surface area contributed by atoms with Crippen molar-refractivity contribution in [1.29, 1.82) is 0 Å². The Morgan fingerprint density at radius 3 is 2.71 bits per heavy atom. The molecule has 124 valence electrons. The Bertz CT molecular complexity index is 970. The van der Waals surface area contributed by atoms with Crippen LogP contribution in [-0.2, 0) is 0 Å². The van der Waals surface area contributed by atoms with Gasteiger partial charge < -0.3 is 0 Å². The number of para-hydroxylation sites is 1. The molecule has 0 atom stereocenters. The number of nitrogens with zero attached hydrogens (tertiary/aromatic N) is 2. The molecule has 0 aliphatic heterocycles. The number of ether oxygens (including phenoxy) is 1. The molecule has 0 radical (unpaired) electrons. The van der Waals surface area contributed by atoms with Gasteiger partial charge in [-0.15, -0.1) is 0 Å². The molecular weight excluding hydrogens is 371 g/mol. The molecule has 2 aromatic carbocycles. The molecule has 1 aromatic heterocycles. The molecule has 0 bridgehead atoms. The first-order chi connectivity index (χ1) is 11.5. The summed E-state index contributed by atoms with van der Waals surface area (Å²) in [5, 5.41) is 12.7. The van der Waals surface area contributed by atoms with Gasteiger partial charge in [0.15, 0.2) is 0 Å². The van der Waals surface area contributed by atoms with E-state index >= 15 is 0 Å². The minimum atomic E-state index is -0.159. The summed E-state index contributed by atoms with van der Waals surface area (Å²) < 4.78 is 8.90. The fourth-order valence-corrected chi connectivity index (χ4v) is 4.49. The van der Waals surface area contributed by atoms with Crippen LogP contribution in [0.15, 0.2) is 47.3 Å². The van der Waals surface area contributed by atoms with Crippen LogP contribution in [-0.4, -0.2) is 42.4 Å². The topological polar surface area (TPSA) is 57.3 Å². The fourth-order valence-electron chi connectivity index (χ4n) is 2.36. The van der Waals surface area contributed by atoms with Crippen LogP contribution in [0.1, 0.15) is 19.4 Å². The standard InChI is InChI=1S/C18H18N2O3Se/c1-12(2)19(22)11-13-6-4-5-7-16(13)20-18(21)15-10-14(23-3)8-9-17(15)24-20/h4-12H,1-3H3. The van der Waals surface area contributed by atoms with Gasteiger partial charge in [0.1, 0.15) is 0 Å². The van der Waals surface area contributed by atoms with Gasteiger partial charge in [0.05, 0.1) is 0 Å². The molecule has 6 heteroatoms. The van der Waals surface area contributed by atoms with Crippen molar-refractivity contribution in [2.75, 3.05) is 7.11 Å². The number of hydroxylamine groups is 1. The zero-order valence-electron chi connectivity index (χ0n) is 13.7. The molecule has 0 aliphatic carbocycles. The van der Waals surface area contributed by atoms with Crippen LogP contribution >= 0.6 is 0 Å². The third kappa shape index (κ3) is 3.03. The van der Waals surface area contributed by atoms with Crippen molar-refractivity contribution in [1.82, 2.24) is 3.56 Å². The van der Waals surface area contributed by atoms with Crippen LogP contribution < -0.4 is 10.3 Å². The maximum absolute atomic E-state index is 12.8. The van der Waals surface area contributed by atoms with Crippen LogP contribution in [0.5, 0.6) is 5.75 Å². The zero-order valence-corrected chi connectivity index (χ0v) is 15.4. The van der Waals surface area contributed by atoms with Gasteiger partial charge in [0.2, 0.25) is 0 Å². The molecule has 5 nitrogen and oxygen atoms in total. The fraction of sp³-hybridized carbons (Fsp3) is 0.222. The monoisotopic (exact) mass is 390 g/mol. The summed E-state index contributed by atoms with van der Waals surface area (Å²) >= 11 is -0.159. The van der Waals surface area contributed by atoms with Crippen molar-refractivity contribution >= 4 is 30.6 Å². The van der Waals surface area contributed by atoms with Crippen molar-refractivity contribution in [2.45, 2.75) is 19.9 Å². The number of hydrogen-bond donors (Lipinski definition) is 0. The summed E-state index contributed by atoms with van der Waals surface area (Å²) in [5.74, 6) is 0.671. The van der Waals surface area contributed by atoms with Gasteiger partial charge in [-0.3, -0.25) is 0 Å². The van der Waals surface area contributed by atoms with Gasteiger partial charge in [-0.25, -0.2) is 0 Å². The van der Waals surface area contributed by atoms with E-state index in [4.69, 9.17) is 4.74 Å². The number of benzene rings is 2. The molecule has 0 unspecified atom stereocenters. The summed E-state index contributed by atoms with van der Waals surface area (Å²) in [6.07, 6.45) is 1.55. The van der Waals surface area contributed by atoms with Gasteiger partial charge in [-0.1, -0.05) is 0 Å². The van der Waals surface area contributed by atoms with Crippen molar-refractivity contribution in [2.24, 2.45) is 0 Å². The minimum absolute atomic E-state index is 0.0493. The van der Waals surface area contributed by atoms with Gasteiger partial charge in [-0.05, 0) is 0 Å². The molecule has 0 aliphatic rings. The molecule has 0 N–H and O–H groups in total. The summed E-state index contributed by atoms with van der Waals surface area (Å²) in [4.78, 5) is 12.8. The molecule has 24 heavy (non-hydrogen) atoms. The van der Waals surface area contributed by atoms with Gasteiger partial charge in [-0.2, -0.15) is 0 Å². The normalized spacial score (nSPS) is 12.1. The molecule has 0 saturated carbocycles. The van der Waals surface area contributed by atoms with Crippen molar-refractivity contribution in [3.05, 3.63) is 63.6 Å². The van der Waals surface area contributed by atoms with Gasteiger partial charge in [0, 0.05) is 0 Å². The van der Waals surface area contributed by atoms with Crippen molar-refractivity contribution in [3.63, 3.8) is 0 Å². The maximum atomic E-state index is 12.8. The Morgan fingerprint density at radius 1 is 1.25 bits per heavy atom. The Balaban J connectivity index is 2.20. The second kappa shape index (κ2) is 6.67. The predicted octanol–water partition coefficient (Wildman–Crippen LogP) is 2.39. The van der Waals surface area contributed by atoms with E-state index in [9.17, 15) is 10.0 Å². The van der Waals surface area contributed by atoms with E-state index in [1.165, 1.54) is 0 Å². The molecule has 1 heterocycles. The predicted molar refractivity (Wildman–Crippen MR) is 97.0 cm³/mol. The number of aromatic nitrogens is 1. The van der Waals surface area contributed by atoms with Crippen LogP contribution in [0.4, 0.5) is 0 Å². The number of rotatable bonds is 4. The molecule has 0 fully saturated rings. The second-order valence-corrected chi connectivity index (χ2v) is 7.77. The van der Waals surface area contributed by atoms with E-state index < -0.39 is 0 Å². The molecule has 3 aromatic rings. The van der Waals surface area contributed by atoms with E-state index in [0.717, 1.165) is 20.2 Å². The molecule has 0 amide bonds. The van der Waals surface area contributed by atoms with Gasteiger partial charge in [0.25, 0.3) is 0 Å². The third-order valence-electron chi connectivity index (χ3n) is 3.72. The van der Waals surface area contributed by atoms with Crippen LogP contribution in [0, 0.1) is 5.21 Å². The first kappa shape index (κ1) is 16.6. The summed E-state index contributed by atoms with van der Waals surface area (Å²) in [5.41, 5.74) is 1.46. The van der Waals surface area contributed by atoms with Crippen LogP contribution in [0.2, 0.25) is 0 Å². The van der Waals surface area contributed by atoms with Crippen molar-refractivity contribution in [3.8, 4) is 11.4 Å². The Kier molecular flexibility index (Phi) is 4.60. The van der Waals surface area contributed by atoms with E-state index in [-0.39, 0.29) is 26.3 Å². The Morgan fingerprint density at radius 2 is 2.00 bits per heavy atom. The van der Waals surface area contributed by atoms with E-state index in [2.05, 4.69) is 0 Å². The SMILES string of the molecule is COc1ccc2[se]n(-c3ccccc3C=[N+]([O-])C(C)C)c(=O)c2c1.